The summed E-state index contributed by atoms with van der Waals surface area (Å²) >= 11 is 0. The van der Waals surface area contributed by atoms with Crippen molar-refractivity contribution in [2.45, 2.75) is 12.8 Å². The Hall–Kier alpha value is -0.990. The predicted molar refractivity (Wildman–Crippen MR) is 42.0 cm³/mol. The maximum absolute atomic E-state index is 4.19. The van der Waals surface area contributed by atoms with E-state index in [0.29, 0.717) is 5.92 Å². The van der Waals surface area contributed by atoms with Crippen molar-refractivity contribution in [1.82, 2.24) is 0 Å². The third-order valence-electron chi connectivity index (χ3n) is 1.83. The number of nitrogens with zero attached hydrogens (tertiary/aromatic N) is 3. The van der Waals surface area contributed by atoms with Crippen LogP contribution in [0.2, 0.25) is 0 Å². The molecule has 0 amide bonds. The lowest BCUT2D eigenvalue weighted by atomic mass is 10.00. The standard InChI is InChI=1S/C7H9N3/c1-2-6-4-8-5-10-7(6)9-3-1/h3,5-6H,1-2,4H2. The SMILES string of the molecule is C1=NCC2CCC=NC2=N1. The molecule has 0 radical (unpaired) electrons. The molecule has 0 N–H and O–H groups in total. The zero-order chi connectivity index (χ0) is 6.81. The van der Waals surface area contributed by atoms with E-state index in [9.17, 15) is 0 Å². The Kier molecular flexibility index (Phi) is 1.34. The molecule has 0 saturated heterocycles. The van der Waals surface area contributed by atoms with Gasteiger partial charge >= 0.3 is 0 Å². The van der Waals surface area contributed by atoms with Crippen LogP contribution in [-0.2, 0) is 0 Å². The molecule has 1 atom stereocenters. The smallest absolute Gasteiger partial charge is 0.134 e. The van der Waals surface area contributed by atoms with Crippen LogP contribution in [0, 0.1) is 5.92 Å². The summed E-state index contributed by atoms with van der Waals surface area (Å²) in [6, 6.07) is 0. The van der Waals surface area contributed by atoms with E-state index in [4.69, 9.17) is 0 Å². The summed E-state index contributed by atoms with van der Waals surface area (Å²) in [6.45, 7) is 0.885. The quantitative estimate of drug-likeness (QED) is 0.473. The lowest BCUT2D eigenvalue weighted by Gasteiger charge is -2.18. The average molecular weight is 135 g/mol. The molecule has 0 saturated carbocycles. The van der Waals surface area contributed by atoms with Crippen molar-refractivity contribution in [3.05, 3.63) is 0 Å². The highest BCUT2D eigenvalue weighted by Crippen LogP contribution is 2.15. The van der Waals surface area contributed by atoms with Gasteiger partial charge in [-0.05, 0) is 12.8 Å². The van der Waals surface area contributed by atoms with Crippen molar-refractivity contribution in [3.63, 3.8) is 0 Å². The molecule has 0 bridgehead atoms. The largest absolute Gasteiger partial charge is 0.273 e. The van der Waals surface area contributed by atoms with Crippen LogP contribution >= 0.6 is 0 Å². The molecule has 0 spiro atoms. The molecule has 1 unspecified atom stereocenters. The minimum atomic E-state index is 0.509. The maximum Gasteiger partial charge on any atom is 0.134 e. The summed E-state index contributed by atoms with van der Waals surface area (Å²) in [6.07, 6.45) is 5.79. The monoisotopic (exact) mass is 135 g/mol. The Bertz CT molecular complexity index is 215. The maximum atomic E-state index is 4.19. The molecule has 3 heteroatoms. The van der Waals surface area contributed by atoms with Crippen LogP contribution in [-0.4, -0.2) is 24.9 Å². The highest BCUT2D eigenvalue weighted by atomic mass is 15.0. The van der Waals surface area contributed by atoms with E-state index >= 15 is 0 Å². The molecule has 0 aliphatic carbocycles. The van der Waals surface area contributed by atoms with Gasteiger partial charge in [0.15, 0.2) is 0 Å². The lowest BCUT2D eigenvalue weighted by Crippen LogP contribution is -2.22. The fourth-order valence-electron chi connectivity index (χ4n) is 1.25. The molecule has 2 rings (SSSR count). The first-order valence-electron chi connectivity index (χ1n) is 3.55. The Balaban J connectivity index is 2.27. The van der Waals surface area contributed by atoms with Gasteiger partial charge in [-0.25, -0.2) is 9.98 Å². The Morgan fingerprint density at radius 2 is 2.50 bits per heavy atom. The van der Waals surface area contributed by atoms with Crippen LogP contribution in [0.25, 0.3) is 0 Å². The second kappa shape index (κ2) is 2.33. The second-order valence-electron chi connectivity index (χ2n) is 2.55. The van der Waals surface area contributed by atoms with Crippen molar-refractivity contribution < 1.29 is 0 Å². The predicted octanol–water partition coefficient (Wildman–Crippen LogP) is 0.908. The van der Waals surface area contributed by atoms with Crippen molar-refractivity contribution in [2.75, 3.05) is 6.54 Å². The van der Waals surface area contributed by atoms with Gasteiger partial charge in [0.25, 0.3) is 0 Å². The number of fused-ring (bicyclic) bond motifs is 1. The highest BCUT2D eigenvalue weighted by Gasteiger charge is 2.18. The minimum absolute atomic E-state index is 0.509. The molecule has 0 aromatic carbocycles. The molecule has 0 aromatic heterocycles. The van der Waals surface area contributed by atoms with E-state index in [2.05, 4.69) is 15.0 Å². The molecular formula is C7H9N3. The summed E-state index contributed by atoms with van der Waals surface area (Å²) in [5.74, 6) is 1.48. The molecule has 2 heterocycles. The zero-order valence-corrected chi connectivity index (χ0v) is 5.70. The third kappa shape index (κ3) is 0.875. The van der Waals surface area contributed by atoms with Crippen LogP contribution < -0.4 is 0 Å². The van der Waals surface area contributed by atoms with E-state index in [-0.39, 0.29) is 0 Å². The van der Waals surface area contributed by atoms with Crippen molar-refractivity contribution >= 4 is 18.4 Å². The van der Waals surface area contributed by atoms with Crippen LogP contribution in [0.3, 0.4) is 0 Å². The summed E-state index contributed by atoms with van der Waals surface area (Å²) in [5.41, 5.74) is 0. The molecule has 0 aromatic rings. The minimum Gasteiger partial charge on any atom is -0.273 e. The molecule has 52 valence electrons. The van der Waals surface area contributed by atoms with Gasteiger partial charge < -0.3 is 0 Å². The lowest BCUT2D eigenvalue weighted by molar-refractivity contribution is 0.637. The van der Waals surface area contributed by atoms with Crippen LogP contribution in [0.15, 0.2) is 15.0 Å². The molecule has 3 nitrogen and oxygen atoms in total. The summed E-state index contributed by atoms with van der Waals surface area (Å²) < 4.78 is 0. The Morgan fingerprint density at radius 3 is 3.40 bits per heavy atom. The number of aliphatic imine (C=N–C) groups is 3. The van der Waals surface area contributed by atoms with Gasteiger partial charge in [-0.3, -0.25) is 4.99 Å². The summed E-state index contributed by atoms with van der Waals surface area (Å²) in [7, 11) is 0. The zero-order valence-electron chi connectivity index (χ0n) is 5.70. The van der Waals surface area contributed by atoms with E-state index < -0.39 is 0 Å². The highest BCUT2D eigenvalue weighted by molar-refractivity contribution is 5.98. The van der Waals surface area contributed by atoms with E-state index in [1.54, 1.807) is 6.34 Å². The van der Waals surface area contributed by atoms with Gasteiger partial charge in [-0.1, -0.05) is 0 Å². The van der Waals surface area contributed by atoms with Crippen LogP contribution in [0.1, 0.15) is 12.8 Å². The summed E-state index contributed by atoms with van der Waals surface area (Å²) in [4.78, 5) is 12.3. The number of hydrogen-bond acceptors (Lipinski definition) is 3. The van der Waals surface area contributed by atoms with Gasteiger partial charge in [-0.2, -0.15) is 0 Å². The molecular weight excluding hydrogens is 126 g/mol. The van der Waals surface area contributed by atoms with Crippen molar-refractivity contribution in [2.24, 2.45) is 20.9 Å². The Morgan fingerprint density at radius 1 is 1.50 bits per heavy atom. The van der Waals surface area contributed by atoms with Gasteiger partial charge in [-0.15, -0.1) is 0 Å². The normalized spacial score (nSPS) is 29.6. The number of amidine groups is 1. The van der Waals surface area contributed by atoms with Gasteiger partial charge in [0, 0.05) is 12.1 Å². The molecule has 2 aliphatic rings. The first kappa shape index (κ1) is 5.77. The first-order chi connectivity index (χ1) is 4.97. The molecule has 0 fully saturated rings. The summed E-state index contributed by atoms with van der Waals surface area (Å²) in [5, 5.41) is 0. The topological polar surface area (TPSA) is 37.1 Å². The van der Waals surface area contributed by atoms with E-state index in [1.807, 2.05) is 6.21 Å². The van der Waals surface area contributed by atoms with Crippen LogP contribution in [0.4, 0.5) is 0 Å². The second-order valence-corrected chi connectivity index (χ2v) is 2.55. The third-order valence-corrected chi connectivity index (χ3v) is 1.83. The van der Waals surface area contributed by atoms with Crippen LogP contribution in [0.5, 0.6) is 0 Å². The molecule has 10 heavy (non-hydrogen) atoms. The first-order valence-corrected chi connectivity index (χ1v) is 3.55. The van der Waals surface area contributed by atoms with Crippen molar-refractivity contribution in [3.8, 4) is 0 Å². The van der Waals surface area contributed by atoms with E-state index in [0.717, 1.165) is 18.8 Å². The Labute approximate surface area is 59.6 Å². The number of rotatable bonds is 0. The van der Waals surface area contributed by atoms with E-state index in [1.165, 1.54) is 6.42 Å². The van der Waals surface area contributed by atoms with Gasteiger partial charge in [0.1, 0.15) is 12.2 Å². The van der Waals surface area contributed by atoms with Gasteiger partial charge in [0.2, 0.25) is 0 Å². The molecule has 2 aliphatic heterocycles. The average Bonchev–Trinajstić information content (AvgIpc) is 2.05. The van der Waals surface area contributed by atoms with Crippen molar-refractivity contribution in [1.29, 1.82) is 0 Å². The fourth-order valence-corrected chi connectivity index (χ4v) is 1.25. The van der Waals surface area contributed by atoms with Gasteiger partial charge in [0.05, 0.1) is 6.54 Å². The number of hydrogen-bond donors (Lipinski definition) is 0. The fraction of sp³-hybridized carbons (Fsp3) is 0.571.